The average Bonchev–Trinajstić information content (AvgIpc) is 3.05. The zero-order valence-electron chi connectivity index (χ0n) is 16.0. The van der Waals surface area contributed by atoms with Crippen LogP contribution in [-0.4, -0.2) is 30.0 Å². The molecule has 1 N–H and O–H groups in total. The van der Waals surface area contributed by atoms with Crippen LogP contribution in [0.3, 0.4) is 0 Å². The van der Waals surface area contributed by atoms with Gasteiger partial charge in [0.25, 0.3) is 11.8 Å². The predicted molar refractivity (Wildman–Crippen MR) is 101 cm³/mol. The van der Waals surface area contributed by atoms with Gasteiger partial charge in [0.1, 0.15) is 4.90 Å². The first kappa shape index (κ1) is 20.1. The lowest BCUT2D eigenvalue weighted by Crippen LogP contribution is -2.40. The smallest absolute Gasteiger partial charge is 0.291 e. The fourth-order valence-electron chi connectivity index (χ4n) is 3.54. The van der Waals surface area contributed by atoms with Crippen molar-refractivity contribution in [2.24, 2.45) is 11.8 Å². The quantitative estimate of drug-likeness (QED) is 0.495. The Bertz CT molecular complexity index is 547. The molecule has 0 radical (unpaired) electrons. The zero-order valence-corrected chi connectivity index (χ0v) is 16.8. The third-order valence-electron chi connectivity index (χ3n) is 5.23. The Morgan fingerprint density at radius 1 is 1.44 bits per heavy atom. The molecule has 5 nitrogen and oxygen atoms in total. The average molecular weight is 369 g/mol. The summed E-state index contributed by atoms with van der Waals surface area (Å²) in [4.78, 5) is 13.3. The van der Waals surface area contributed by atoms with E-state index in [1.165, 1.54) is 43.9 Å². The van der Waals surface area contributed by atoms with Gasteiger partial charge in [-0.1, -0.05) is 39.5 Å². The molecule has 0 saturated heterocycles. The van der Waals surface area contributed by atoms with Crippen LogP contribution in [0.15, 0.2) is 9.42 Å². The summed E-state index contributed by atoms with van der Waals surface area (Å²) in [5, 5.41) is 7.07. The van der Waals surface area contributed by atoms with Crippen molar-refractivity contribution in [2.75, 3.05) is 12.9 Å². The van der Waals surface area contributed by atoms with Gasteiger partial charge in [0.2, 0.25) is 5.76 Å². The lowest BCUT2D eigenvalue weighted by Gasteiger charge is -2.32. The van der Waals surface area contributed by atoms with Crippen LogP contribution in [0, 0.1) is 11.8 Å². The third-order valence-corrected chi connectivity index (χ3v) is 6.00. The minimum absolute atomic E-state index is 0.145. The first-order valence-corrected chi connectivity index (χ1v) is 10.8. The van der Waals surface area contributed by atoms with Crippen molar-refractivity contribution in [1.29, 1.82) is 0 Å². The number of carbonyl (C=O) groups excluding carboxylic acids is 1. The number of nitrogens with one attached hydrogen (secondary N) is 1. The molecule has 0 aliphatic heterocycles. The van der Waals surface area contributed by atoms with Gasteiger partial charge in [0, 0.05) is 6.04 Å². The Kier molecular flexibility index (Phi) is 8.13. The van der Waals surface area contributed by atoms with E-state index >= 15 is 0 Å². The standard InChI is InChI=1S/C19H32N2O3S/c1-5-7-11-23-19-17(25-4)16(24-21-19)18(22)20-13(3)15-10-8-9-14(6-2)12-15/h13-15H,5-12H2,1-4H3,(H,20,22). The molecule has 2 rings (SSSR count). The second-order valence-electron chi connectivity index (χ2n) is 7.02. The fourth-order valence-corrected chi connectivity index (χ4v) is 4.13. The zero-order chi connectivity index (χ0) is 18.2. The van der Waals surface area contributed by atoms with Crippen LogP contribution in [0.5, 0.6) is 5.88 Å². The van der Waals surface area contributed by atoms with E-state index in [9.17, 15) is 4.79 Å². The molecule has 1 aliphatic carbocycles. The second kappa shape index (κ2) is 10.1. The highest BCUT2D eigenvalue weighted by Gasteiger charge is 2.29. The molecule has 6 heteroatoms. The van der Waals surface area contributed by atoms with Gasteiger partial charge < -0.3 is 14.6 Å². The van der Waals surface area contributed by atoms with Crippen molar-refractivity contribution in [3.8, 4) is 5.88 Å². The van der Waals surface area contributed by atoms with Crippen molar-refractivity contribution < 1.29 is 14.1 Å². The molecule has 3 atom stereocenters. The minimum atomic E-state index is -0.187. The normalized spacial score (nSPS) is 21.8. The lowest BCUT2D eigenvalue weighted by atomic mass is 9.77. The van der Waals surface area contributed by atoms with Gasteiger partial charge in [-0.15, -0.1) is 11.8 Å². The number of thioether (sulfide) groups is 1. The third kappa shape index (κ3) is 5.40. The first-order chi connectivity index (χ1) is 12.1. The molecule has 1 aliphatic rings. The summed E-state index contributed by atoms with van der Waals surface area (Å²) in [7, 11) is 0. The van der Waals surface area contributed by atoms with Crippen molar-refractivity contribution >= 4 is 17.7 Å². The van der Waals surface area contributed by atoms with Crippen molar-refractivity contribution in [3.63, 3.8) is 0 Å². The summed E-state index contributed by atoms with van der Waals surface area (Å²) in [6, 6.07) is 0.145. The molecule has 25 heavy (non-hydrogen) atoms. The Labute approximate surface area is 155 Å². The molecule has 0 spiro atoms. The maximum atomic E-state index is 12.7. The topological polar surface area (TPSA) is 64.4 Å². The van der Waals surface area contributed by atoms with Crippen LogP contribution < -0.4 is 10.1 Å². The molecule has 1 aromatic heterocycles. The SMILES string of the molecule is CCCCOc1noc(C(=O)NC(C)C2CCCC(CC)C2)c1SC. The molecule has 0 aromatic carbocycles. The molecule has 1 heterocycles. The van der Waals surface area contributed by atoms with Crippen LogP contribution in [0.25, 0.3) is 0 Å². The Hall–Kier alpha value is -1.17. The summed E-state index contributed by atoms with van der Waals surface area (Å²) >= 11 is 1.44. The molecule has 142 valence electrons. The maximum Gasteiger partial charge on any atom is 0.291 e. The predicted octanol–water partition coefficient (Wildman–Crippen LogP) is 4.91. The molecular weight excluding hydrogens is 336 g/mol. The van der Waals surface area contributed by atoms with E-state index in [2.05, 4.69) is 31.2 Å². The summed E-state index contributed by atoms with van der Waals surface area (Å²) in [5.74, 6) is 1.86. The fraction of sp³-hybridized carbons (Fsp3) is 0.789. The number of unbranched alkanes of at least 4 members (excludes halogenated alkanes) is 1. The van der Waals surface area contributed by atoms with Crippen LogP contribution in [-0.2, 0) is 0 Å². The summed E-state index contributed by atoms with van der Waals surface area (Å²) in [6.45, 7) is 7.06. The van der Waals surface area contributed by atoms with Gasteiger partial charge in [0.15, 0.2) is 0 Å². The molecule has 3 unspecified atom stereocenters. The summed E-state index contributed by atoms with van der Waals surface area (Å²) in [6.07, 6.45) is 10.1. The number of amides is 1. The number of carbonyl (C=O) groups is 1. The Morgan fingerprint density at radius 2 is 2.24 bits per heavy atom. The van der Waals surface area contributed by atoms with Crippen LogP contribution in [0.2, 0.25) is 0 Å². The van der Waals surface area contributed by atoms with Crippen LogP contribution >= 0.6 is 11.8 Å². The van der Waals surface area contributed by atoms with Crippen molar-refractivity contribution in [2.45, 2.75) is 76.7 Å². The number of hydrogen-bond donors (Lipinski definition) is 1. The van der Waals surface area contributed by atoms with Gasteiger partial charge >= 0.3 is 0 Å². The maximum absolute atomic E-state index is 12.7. The van der Waals surface area contributed by atoms with Crippen molar-refractivity contribution in [1.82, 2.24) is 10.5 Å². The number of ether oxygens (including phenoxy) is 1. The minimum Gasteiger partial charge on any atom is -0.475 e. The van der Waals surface area contributed by atoms with Gasteiger partial charge in [-0.2, -0.15) is 0 Å². The van der Waals surface area contributed by atoms with E-state index in [0.29, 0.717) is 23.3 Å². The van der Waals surface area contributed by atoms with Crippen LogP contribution in [0.1, 0.15) is 76.3 Å². The van der Waals surface area contributed by atoms with E-state index in [1.54, 1.807) is 0 Å². The van der Waals surface area contributed by atoms with E-state index in [-0.39, 0.29) is 17.7 Å². The highest BCUT2D eigenvalue weighted by molar-refractivity contribution is 7.98. The van der Waals surface area contributed by atoms with E-state index < -0.39 is 0 Å². The van der Waals surface area contributed by atoms with Gasteiger partial charge in [0.05, 0.1) is 6.61 Å². The lowest BCUT2D eigenvalue weighted by molar-refractivity contribution is 0.0869. The summed E-state index contributed by atoms with van der Waals surface area (Å²) in [5.41, 5.74) is 0. The number of nitrogens with zero attached hydrogens (tertiary/aromatic N) is 1. The van der Waals surface area contributed by atoms with E-state index in [1.807, 2.05) is 6.26 Å². The molecule has 1 saturated carbocycles. The van der Waals surface area contributed by atoms with Gasteiger partial charge in [-0.05, 0) is 49.4 Å². The number of hydrogen-bond acceptors (Lipinski definition) is 5. The van der Waals surface area contributed by atoms with Crippen LogP contribution in [0.4, 0.5) is 0 Å². The highest BCUT2D eigenvalue weighted by atomic mass is 32.2. The number of rotatable bonds is 9. The Morgan fingerprint density at radius 3 is 2.92 bits per heavy atom. The van der Waals surface area contributed by atoms with Crippen molar-refractivity contribution in [3.05, 3.63) is 5.76 Å². The monoisotopic (exact) mass is 368 g/mol. The summed E-state index contributed by atoms with van der Waals surface area (Å²) < 4.78 is 10.9. The molecule has 0 bridgehead atoms. The van der Waals surface area contributed by atoms with Gasteiger partial charge in [-0.25, -0.2) is 0 Å². The van der Waals surface area contributed by atoms with Gasteiger partial charge in [-0.3, -0.25) is 4.79 Å². The highest BCUT2D eigenvalue weighted by Crippen LogP contribution is 2.34. The molecule has 1 fully saturated rings. The largest absolute Gasteiger partial charge is 0.475 e. The van der Waals surface area contributed by atoms with E-state index in [4.69, 9.17) is 9.26 Å². The van der Waals surface area contributed by atoms with E-state index in [0.717, 1.165) is 18.8 Å². The first-order valence-electron chi connectivity index (χ1n) is 9.57. The molecule has 1 amide bonds. The molecular formula is C19H32N2O3S. The molecule has 1 aromatic rings. The second-order valence-corrected chi connectivity index (χ2v) is 7.83. The number of aromatic nitrogens is 1. The Balaban J connectivity index is 1.97.